The molecule has 1 aromatic rings. The highest BCUT2D eigenvalue weighted by atomic mass is 15.3. The average Bonchev–Trinajstić information content (AvgIpc) is 2.62. The van der Waals surface area contributed by atoms with Crippen molar-refractivity contribution in [3.05, 3.63) is 11.8 Å². The maximum absolute atomic E-state index is 6.03. The van der Waals surface area contributed by atoms with E-state index in [-0.39, 0.29) is 5.41 Å². The van der Waals surface area contributed by atoms with Crippen molar-refractivity contribution in [2.45, 2.75) is 58.0 Å². The van der Waals surface area contributed by atoms with Gasteiger partial charge in [-0.1, -0.05) is 27.2 Å². The maximum atomic E-state index is 6.03. The first kappa shape index (κ1) is 12.4. The number of anilines is 1. The number of nitrogen functional groups attached to an aromatic ring is 1. The highest BCUT2D eigenvalue weighted by molar-refractivity contribution is 5.33. The third kappa shape index (κ3) is 3.00. The van der Waals surface area contributed by atoms with Crippen LogP contribution in [0.15, 0.2) is 6.07 Å². The Kier molecular flexibility index (Phi) is 3.43. The Labute approximate surface area is 104 Å². The standard InChI is InChI=1S/C13H24N4/c1-13(2,3)11-8-12(14)17(16-11)9-10-6-4-5-7-15-10/h8,10,15H,4-7,9,14H2,1-3H3/t10-/m1/s1. The largest absolute Gasteiger partial charge is 0.384 e. The molecular formula is C13H24N4. The second kappa shape index (κ2) is 4.69. The summed E-state index contributed by atoms with van der Waals surface area (Å²) in [4.78, 5) is 0. The lowest BCUT2D eigenvalue weighted by Gasteiger charge is -2.23. The fourth-order valence-electron chi connectivity index (χ4n) is 2.23. The lowest BCUT2D eigenvalue weighted by molar-refractivity contribution is 0.350. The van der Waals surface area contributed by atoms with Crippen molar-refractivity contribution >= 4 is 5.82 Å². The fraction of sp³-hybridized carbons (Fsp3) is 0.769. The van der Waals surface area contributed by atoms with Gasteiger partial charge in [-0.3, -0.25) is 0 Å². The summed E-state index contributed by atoms with van der Waals surface area (Å²) in [6.45, 7) is 8.51. The molecular weight excluding hydrogens is 212 g/mol. The molecule has 0 unspecified atom stereocenters. The smallest absolute Gasteiger partial charge is 0.122 e. The van der Waals surface area contributed by atoms with Crippen LogP contribution < -0.4 is 11.1 Å². The molecule has 1 saturated heterocycles. The van der Waals surface area contributed by atoms with Gasteiger partial charge in [-0.05, 0) is 19.4 Å². The minimum atomic E-state index is 0.0688. The normalized spacial score (nSPS) is 21.7. The van der Waals surface area contributed by atoms with Gasteiger partial charge in [0.1, 0.15) is 5.82 Å². The van der Waals surface area contributed by atoms with Gasteiger partial charge in [-0.15, -0.1) is 0 Å². The molecule has 2 rings (SSSR count). The SMILES string of the molecule is CC(C)(C)c1cc(N)n(C[C@H]2CCCCN2)n1. The van der Waals surface area contributed by atoms with Crippen LogP contribution in [0.2, 0.25) is 0 Å². The van der Waals surface area contributed by atoms with Gasteiger partial charge in [-0.25, -0.2) is 4.68 Å². The average molecular weight is 236 g/mol. The molecule has 96 valence electrons. The van der Waals surface area contributed by atoms with Crippen molar-refractivity contribution in [2.75, 3.05) is 12.3 Å². The van der Waals surface area contributed by atoms with E-state index in [4.69, 9.17) is 5.73 Å². The topological polar surface area (TPSA) is 55.9 Å². The molecule has 0 aromatic carbocycles. The highest BCUT2D eigenvalue weighted by Gasteiger charge is 2.20. The zero-order chi connectivity index (χ0) is 12.5. The van der Waals surface area contributed by atoms with Crippen molar-refractivity contribution in [3.8, 4) is 0 Å². The molecule has 0 radical (unpaired) electrons. The molecule has 4 heteroatoms. The molecule has 0 spiro atoms. The van der Waals surface area contributed by atoms with Crippen LogP contribution in [0.3, 0.4) is 0 Å². The fourth-order valence-corrected chi connectivity index (χ4v) is 2.23. The molecule has 1 atom stereocenters. The molecule has 1 aromatic heterocycles. The first-order valence-electron chi connectivity index (χ1n) is 6.54. The Morgan fingerprint density at radius 2 is 2.24 bits per heavy atom. The number of piperidine rings is 1. The van der Waals surface area contributed by atoms with Crippen molar-refractivity contribution in [1.82, 2.24) is 15.1 Å². The Balaban J connectivity index is 2.07. The van der Waals surface area contributed by atoms with Crippen LogP contribution in [0.4, 0.5) is 5.82 Å². The second-order valence-electron chi connectivity index (χ2n) is 6.03. The summed E-state index contributed by atoms with van der Waals surface area (Å²) >= 11 is 0. The van der Waals surface area contributed by atoms with E-state index in [2.05, 4.69) is 31.2 Å². The van der Waals surface area contributed by atoms with Crippen LogP contribution in [0.25, 0.3) is 0 Å². The molecule has 1 fully saturated rings. The molecule has 0 bridgehead atoms. The van der Waals surface area contributed by atoms with Gasteiger partial charge in [-0.2, -0.15) is 5.10 Å². The monoisotopic (exact) mass is 236 g/mol. The molecule has 1 aliphatic heterocycles. The molecule has 0 amide bonds. The van der Waals surface area contributed by atoms with E-state index in [9.17, 15) is 0 Å². The minimum absolute atomic E-state index is 0.0688. The van der Waals surface area contributed by atoms with E-state index in [1.807, 2.05) is 10.7 Å². The van der Waals surface area contributed by atoms with Gasteiger partial charge < -0.3 is 11.1 Å². The summed E-state index contributed by atoms with van der Waals surface area (Å²) in [5.41, 5.74) is 7.17. The summed E-state index contributed by atoms with van der Waals surface area (Å²) in [6.07, 6.45) is 3.83. The number of aromatic nitrogens is 2. The molecule has 17 heavy (non-hydrogen) atoms. The summed E-state index contributed by atoms with van der Waals surface area (Å²) in [5, 5.41) is 8.15. The summed E-state index contributed by atoms with van der Waals surface area (Å²) in [5.74, 6) is 0.780. The van der Waals surface area contributed by atoms with Gasteiger partial charge in [0.05, 0.1) is 12.2 Å². The summed E-state index contributed by atoms with van der Waals surface area (Å²) in [7, 11) is 0. The number of hydrogen-bond acceptors (Lipinski definition) is 3. The van der Waals surface area contributed by atoms with Crippen molar-refractivity contribution in [1.29, 1.82) is 0 Å². The zero-order valence-electron chi connectivity index (χ0n) is 11.2. The zero-order valence-corrected chi connectivity index (χ0v) is 11.2. The van der Waals surface area contributed by atoms with E-state index in [1.165, 1.54) is 19.3 Å². The van der Waals surface area contributed by atoms with Crippen molar-refractivity contribution < 1.29 is 0 Å². The van der Waals surface area contributed by atoms with Gasteiger partial charge in [0.15, 0.2) is 0 Å². The van der Waals surface area contributed by atoms with Crippen molar-refractivity contribution in [3.63, 3.8) is 0 Å². The third-order valence-corrected chi connectivity index (χ3v) is 3.39. The Bertz CT molecular complexity index is 369. The molecule has 3 N–H and O–H groups in total. The molecule has 4 nitrogen and oxygen atoms in total. The highest BCUT2D eigenvalue weighted by Crippen LogP contribution is 2.23. The second-order valence-corrected chi connectivity index (χ2v) is 6.03. The predicted octanol–water partition coefficient (Wildman–Crippen LogP) is 1.90. The molecule has 0 aliphatic carbocycles. The van der Waals surface area contributed by atoms with Gasteiger partial charge in [0.25, 0.3) is 0 Å². The minimum Gasteiger partial charge on any atom is -0.384 e. The van der Waals surface area contributed by atoms with E-state index < -0.39 is 0 Å². The quantitative estimate of drug-likeness (QED) is 0.824. The van der Waals surface area contributed by atoms with Gasteiger partial charge in [0, 0.05) is 17.5 Å². The van der Waals surface area contributed by atoms with E-state index in [0.717, 1.165) is 24.6 Å². The van der Waals surface area contributed by atoms with Crippen LogP contribution in [-0.2, 0) is 12.0 Å². The Morgan fingerprint density at radius 3 is 2.76 bits per heavy atom. The lowest BCUT2D eigenvalue weighted by atomic mass is 9.92. The Morgan fingerprint density at radius 1 is 1.47 bits per heavy atom. The van der Waals surface area contributed by atoms with E-state index in [1.54, 1.807) is 0 Å². The molecule has 2 heterocycles. The van der Waals surface area contributed by atoms with Crippen LogP contribution in [0.1, 0.15) is 45.7 Å². The first-order valence-corrected chi connectivity index (χ1v) is 6.54. The number of nitrogens with two attached hydrogens (primary N) is 1. The maximum Gasteiger partial charge on any atom is 0.122 e. The van der Waals surface area contributed by atoms with Crippen LogP contribution in [-0.4, -0.2) is 22.4 Å². The van der Waals surface area contributed by atoms with Crippen LogP contribution >= 0.6 is 0 Å². The number of rotatable bonds is 2. The number of hydrogen-bond donors (Lipinski definition) is 2. The third-order valence-electron chi connectivity index (χ3n) is 3.39. The number of nitrogens with zero attached hydrogens (tertiary/aromatic N) is 2. The van der Waals surface area contributed by atoms with Crippen molar-refractivity contribution in [2.24, 2.45) is 0 Å². The van der Waals surface area contributed by atoms with Gasteiger partial charge in [0.2, 0.25) is 0 Å². The van der Waals surface area contributed by atoms with Crippen LogP contribution in [0, 0.1) is 0 Å². The van der Waals surface area contributed by atoms with E-state index >= 15 is 0 Å². The van der Waals surface area contributed by atoms with Gasteiger partial charge >= 0.3 is 0 Å². The Hall–Kier alpha value is -1.03. The van der Waals surface area contributed by atoms with E-state index in [0.29, 0.717) is 6.04 Å². The number of nitrogens with one attached hydrogen (secondary N) is 1. The predicted molar refractivity (Wildman–Crippen MR) is 71.0 cm³/mol. The molecule has 0 saturated carbocycles. The summed E-state index contributed by atoms with van der Waals surface area (Å²) < 4.78 is 1.95. The first-order chi connectivity index (χ1) is 7.97. The molecule has 1 aliphatic rings. The van der Waals surface area contributed by atoms with Crippen LogP contribution in [0.5, 0.6) is 0 Å². The summed E-state index contributed by atoms with van der Waals surface area (Å²) in [6, 6.07) is 2.53. The lowest BCUT2D eigenvalue weighted by Crippen LogP contribution is -2.37.